The van der Waals surface area contributed by atoms with E-state index in [1.807, 2.05) is 95.9 Å². The minimum absolute atomic E-state index is 0.0965. The number of rotatable bonds is 11. The van der Waals surface area contributed by atoms with Gasteiger partial charge in [-0.2, -0.15) is 5.10 Å². The van der Waals surface area contributed by atoms with Crippen molar-refractivity contribution < 1.29 is 23.7 Å². The summed E-state index contributed by atoms with van der Waals surface area (Å²) in [6.45, 7) is 0.905. The summed E-state index contributed by atoms with van der Waals surface area (Å²) >= 11 is 6.01. The molecular weight excluding hydrogens is 578 g/mol. The Balaban J connectivity index is 1.31. The molecule has 2 heterocycles. The highest BCUT2D eigenvalue weighted by Gasteiger charge is 2.42. The average Bonchev–Trinajstić information content (AvgIpc) is 3.62. The molecule has 1 atom stereocenters. The first kappa shape index (κ1) is 29.1. The summed E-state index contributed by atoms with van der Waals surface area (Å²) in [5.74, 6) is 2.70. The van der Waals surface area contributed by atoms with Gasteiger partial charge in [0.15, 0.2) is 11.5 Å². The highest BCUT2D eigenvalue weighted by Crippen LogP contribution is 2.43. The van der Waals surface area contributed by atoms with Crippen molar-refractivity contribution in [3.8, 4) is 34.3 Å². The van der Waals surface area contributed by atoms with Gasteiger partial charge >= 0.3 is 0 Å². The number of H-pyrrole nitrogens is 1. The summed E-state index contributed by atoms with van der Waals surface area (Å²) in [5, 5.41) is 8.32. The maximum absolute atomic E-state index is 13.9. The van der Waals surface area contributed by atoms with Crippen LogP contribution in [0.2, 0.25) is 5.02 Å². The third-order valence-electron chi connectivity index (χ3n) is 7.83. The fourth-order valence-electron chi connectivity index (χ4n) is 5.52. The number of fused-ring (bicyclic) bond motifs is 1. The van der Waals surface area contributed by atoms with E-state index in [1.54, 1.807) is 21.3 Å². The molecule has 6 rings (SSSR count). The molecule has 0 radical (unpaired) electrons. The van der Waals surface area contributed by atoms with Crippen LogP contribution in [0.1, 0.15) is 38.8 Å². The SMILES string of the molecule is COc1ccc(-c2n[nH]c3c2C(c2ccc(OCc4ccc(Cl)cc4)cc2)N(CCc2ccc(OC)c(OC)c2)C3=O)cc1. The Bertz CT molecular complexity index is 1750. The molecule has 1 amide bonds. The number of carbonyl (C=O) groups excluding carboxylic acids is 1. The molecule has 1 N–H and O–H groups in total. The zero-order valence-corrected chi connectivity index (χ0v) is 25.4. The predicted octanol–water partition coefficient (Wildman–Crippen LogP) is 7.12. The summed E-state index contributed by atoms with van der Waals surface area (Å²) in [5.41, 5.74) is 5.99. The van der Waals surface area contributed by atoms with Crippen LogP contribution in [0.5, 0.6) is 23.0 Å². The zero-order chi connectivity index (χ0) is 30.6. The molecule has 224 valence electrons. The maximum atomic E-state index is 13.9. The third-order valence-corrected chi connectivity index (χ3v) is 8.08. The molecule has 8 nitrogen and oxygen atoms in total. The summed E-state index contributed by atoms with van der Waals surface area (Å²) < 4.78 is 22.3. The van der Waals surface area contributed by atoms with Crippen LogP contribution in [-0.4, -0.2) is 48.9 Å². The van der Waals surface area contributed by atoms with E-state index in [9.17, 15) is 4.79 Å². The Labute approximate surface area is 261 Å². The Hall–Kier alpha value is -4.95. The Morgan fingerprint density at radius 3 is 2.16 bits per heavy atom. The zero-order valence-electron chi connectivity index (χ0n) is 24.7. The number of hydrogen-bond donors (Lipinski definition) is 1. The molecule has 1 aliphatic heterocycles. The second kappa shape index (κ2) is 12.7. The number of ether oxygens (including phenoxy) is 4. The van der Waals surface area contributed by atoms with Crippen molar-refractivity contribution in [3.63, 3.8) is 0 Å². The van der Waals surface area contributed by atoms with Crippen molar-refractivity contribution in [2.24, 2.45) is 0 Å². The number of hydrogen-bond acceptors (Lipinski definition) is 6. The highest BCUT2D eigenvalue weighted by atomic mass is 35.5. The summed E-state index contributed by atoms with van der Waals surface area (Å²) in [6, 6.07) is 28.7. The molecule has 0 saturated carbocycles. The van der Waals surface area contributed by atoms with Gasteiger partial charge in [-0.3, -0.25) is 9.89 Å². The lowest BCUT2D eigenvalue weighted by atomic mass is 9.95. The number of halogens is 1. The predicted molar refractivity (Wildman–Crippen MR) is 169 cm³/mol. The number of nitrogens with zero attached hydrogens (tertiary/aromatic N) is 2. The van der Waals surface area contributed by atoms with Gasteiger partial charge in [-0.15, -0.1) is 0 Å². The molecule has 0 fully saturated rings. The van der Waals surface area contributed by atoms with E-state index < -0.39 is 0 Å². The van der Waals surface area contributed by atoms with Crippen LogP contribution < -0.4 is 18.9 Å². The molecule has 4 aromatic carbocycles. The number of aromatic amines is 1. The number of amides is 1. The van der Waals surface area contributed by atoms with Gasteiger partial charge in [0.2, 0.25) is 0 Å². The van der Waals surface area contributed by atoms with Crippen molar-refractivity contribution in [3.05, 3.63) is 124 Å². The van der Waals surface area contributed by atoms with Gasteiger partial charge in [0, 0.05) is 22.7 Å². The number of benzene rings is 4. The van der Waals surface area contributed by atoms with E-state index >= 15 is 0 Å². The Kier molecular flexibility index (Phi) is 8.43. The fraction of sp³-hybridized carbons (Fsp3) is 0.200. The maximum Gasteiger partial charge on any atom is 0.273 e. The first-order valence-electron chi connectivity index (χ1n) is 14.2. The average molecular weight is 610 g/mol. The molecule has 0 spiro atoms. The Morgan fingerprint density at radius 2 is 1.48 bits per heavy atom. The van der Waals surface area contributed by atoms with E-state index in [-0.39, 0.29) is 11.9 Å². The number of methoxy groups -OCH3 is 3. The molecule has 0 saturated heterocycles. The molecule has 9 heteroatoms. The van der Waals surface area contributed by atoms with E-state index in [1.165, 1.54) is 0 Å². The van der Waals surface area contributed by atoms with Crippen LogP contribution in [0.15, 0.2) is 91.0 Å². The third kappa shape index (κ3) is 5.81. The van der Waals surface area contributed by atoms with E-state index in [2.05, 4.69) is 10.2 Å². The largest absolute Gasteiger partial charge is 0.497 e. The van der Waals surface area contributed by atoms with Crippen LogP contribution in [-0.2, 0) is 13.0 Å². The van der Waals surface area contributed by atoms with Crippen molar-refractivity contribution >= 4 is 17.5 Å². The fourth-order valence-corrected chi connectivity index (χ4v) is 5.65. The first-order chi connectivity index (χ1) is 21.5. The second-order valence-corrected chi connectivity index (χ2v) is 10.9. The highest BCUT2D eigenvalue weighted by molar-refractivity contribution is 6.30. The first-order valence-corrected chi connectivity index (χ1v) is 14.6. The topological polar surface area (TPSA) is 85.9 Å². The molecule has 44 heavy (non-hydrogen) atoms. The molecule has 1 aromatic heterocycles. The van der Waals surface area contributed by atoms with Crippen molar-refractivity contribution in [2.45, 2.75) is 19.1 Å². The van der Waals surface area contributed by atoms with Gasteiger partial charge in [-0.1, -0.05) is 41.9 Å². The van der Waals surface area contributed by atoms with Gasteiger partial charge in [-0.05, 0) is 83.8 Å². The lowest BCUT2D eigenvalue weighted by Gasteiger charge is -2.27. The molecular formula is C35H32ClN3O5. The van der Waals surface area contributed by atoms with Crippen LogP contribution in [0.25, 0.3) is 11.3 Å². The smallest absolute Gasteiger partial charge is 0.273 e. The Morgan fingerprint density at radius 1 is 0.795 bits per heavy atom. The van der Waals surface area contributed by atoms with Gasteiger partial charge in [0.05, 0.1) is 33.1 Å². The van der Waals surface area contributed by atoms with Gasteiger partial charge in [-0.25, -0.2) is 0 Å². The summed E-state index contributed by atoms with van der Waals surface area (Å²) in [7, 11) is 4.86. The van der Waals surface area contributed by atoms with Gasteiger partial charge in [0.1, 0.15) is 23.8 Å². The number of aromatic nitrogens is 2. The van der Waals surface area contributed by atoms with Crippen LogP contribution in [0.3, 0.4) is 0 Å². The van der Waals surface area contributed by atoms with E-state index in [0.717, 1.165) is 45.0 Å². The molecule has 0 aliphatic carbocycles. The van der Waals surface area contributed by atoms with Crippen LogP contribution in [0.4, 0.5) is 0 Å². The quantitative estimate of drug-likeness (QED) is 0.172. The van der Waals surface area contributed by atoms with E-state index in [0.29, 0.717) is 41.8 Å². The second-order valence-electron chi connectivity index (χ2n) is 10.4. The normalized spacial score (nSPS) is 14.0. The molecule has 1 aliphatic rings. The van der Waals surface area contributed by atoms with E-state index in [4.69, 9.17) is 30.5 Å². The number of carbonyl (C=O) groups is 1. The minimum atomic E-state index is -0.348. The van der Waals surface area contributed by atoms with Gasteiger partial charge in [0.25, 0.3) is 5.91 Å². The summed E-state index contributed by atoms with van der Waals surface area (Å²) in [6.07, 6.45) is 0.625. The van der Waals surface area contributed by atoms with Crippen molar-refractivity contribution in [2.75, 3.05) is 27.9 Å². The number of nitrogens with one attached hydrogen (secondary N) is 1. The molecule has 1 unspecified atom stereocenters. The van der Waals surface area contributed by atoms with Crippen molar-refractivity contribution in [1.82, 2.24) is 15.1 Å². The standard InChI is InChI=1S/C35H32ClN3O5/c1-41-27-13-7-24(8-14-27)32-31-33(38-37-32)35(40)39(19-18-22-6-17-29(42-2)30(20-22)43-3)34(31)25-9-15-28(16-10-25)44-21-23-4-11-26(36)12-5-23/h4-17,20,34H,18-19,21H2,1-3H3,(H,37,38). The van der Waals surface area contributed by atoms with Gasteiger partial charge < -0.3 is 23.8 Å². The van der Waals surface area contributed by atoms with Crippen LogP contribution >= 0.6 is 11.6 Å². The lowest BCUT2D eigenvalue weighted by Crippen LogP contribution is -2.31. The minimum Gasteiger partial charge on any atom is -0.497 e. The van der Waals surface area contributed by atoms with Crippen molar-refractivity contribution in [1.29, 1.82) is 0 Å². The molecule has 5 aromatic rings. The monoisotopic (exact) mass is 609 g/mol. The van der Waals surface area contributed by atoms with Crippen LogP contribution in [0, 0.1) is 0 Å². The summed E-state index contributed by atoms with van der Waals surface area (Å²) in [4.78, 5) is 15.8. The lowest BCUT2D eigenvalue weighted by molar-refractivity contribution is 0.0746. The molecule has 0 bridgehead atoms.